The van der Waals surface area contributed by atoms with Crippen LogP contribution in [-0.2, 0) is 9.26 Å². The van der Waals surface area contributed by atoms with Crippen LogP contribution in [0, 0.1) is 0 Å². The lowest BCUT2D eigenvalue weighted by Crippen LogP contribution is -2.16. The van der Waals surface area contributed by atoms with E-state index in [1.54, 1.807) is 16.8 Å². The molecule has 0 saturated carbocycles. The maximum absolute atomic E-state index is 11.3. The van der Waals surface area contributed by atoms with Gasteiger partial charge in [0, 0.05) is 6.20 Å². The van der Waals surface area contributed by atoms with Crippen LogP contribution >= 0.6 is 8.60 Å². The van der Waals surface area contributed by atoms with Gasteiger partial charge in [0.15, 0.2) is 0 Å². The van der Waals surface area contributed by atoms with Crippen molar-refractivity contribution in [3.05, 3.63) is 17.8 Å². The molecule has 0 bridgehead atoms. The number of ether oxygens (including phenoxy) is 1. The lowest BCUT2D eigenvalue weighted by Gasteiger charge is -2.17. The summed E-state index contributed by atoms with van der Waals surface area (Å²) in [4.78, 5) is 32.8. The second-order valence-corrected chi connectivity index (χ2v) is 5.20. The fourth-order valence-corrected chi connectivity index (χ4v) is 2.53. The monoisotopic (exact) mass is 316 g/mol. The molecule has 0 aromatic carbocycles. The first-order chi connectivity index (χ1) is 10.0. The van der Waals surface area contributed by atoms with E-state index in [-0.39, 0.29) is 24.5 Å². The Balaban J connectivity index is 2.11. The van der Waals surface area contributed by atoms with Crippen LogP contribution in [0.2, 0.25) is 0 Å². The molecule has 1 aromatic heterocycles. The highest BCUT2D eigenvalue weighted by atomic mass is 31.2. The van der Waals surface area contributed by atoms with Crippen LogP contribution in [0.4, 0.5) is 5.82 Å². The van der Waals surface area contributed by atoms with Gasteiger partial charge in [0.2, 0.25) is 0 Å². The van der Waals surface area contributed by atoms with Gasteiger partial charge in [-0.25, -0.2) is 4.99 Å². The van der Waals surface area contributed by atoms with Gasteiger partial charge in [-0.15, -0.1) is 0 Å². The van der Waals surface area contributed by atoms with Crippen molar-refractivity contribution in [2.75, 3.05) is 6.61 Å². The van der Waals surface area contributed by atoms with Crippen molar-refractivity contribution in [3.8, 4) is 0 Å². The van der Waals surface area contributed by atoms with Gasteiger partial charge in [-0.05, 0) is 18.9 Å². The molecule has 0 aliphatic carbocycles. The smallest absolute Gasteiger partial charge is 0.327 e. The minimum absolute atomic E-state index is 0.0919. The van der Waals surface area contributed by atoms with Crippen molar-refractivity contribution in [2.45, 2.75) is 25.2 Å². The maximum Gasteiger partial charge on any atom is 0.327 e. The molecule has 2 heterocycles. The fourth-order valence-electron chi connectivity index (χ4n) is 2.23. The van der Waals surface area contributed by atoms with Crippen LogP contribution in [0.5, 0.6) is 0 Å². The van der Waals surface area contributed by atoms with E-state index in [0.717, 1.165) is 6.34 Å². The third-order valence-corrected chi connectivity index (χ3v) is 3.50. The Kier molecular flexibility index (Phi) is 5.27. The van der Waals surface area contributed by atoms with Crippen molar-refractivity contribution in [3.63, 3.8) is 0 Å². The molecule has 21 heavy (non-hydrogen) atoms. The van der Waals surface area contributed by atoms with Gasteiger partial charge >= 0.3 is 8.60 Å². The quantitative estimate of drug-likeness (QED) is 0.333. The summed E-state index contributed by atoms with van der Waals surface area (Å²) in [5.41, 5.74) is 10.8. The summed E-state index contributed by atoms with van der Waals surface area (Å²) in [6, 6.07) is 1.55. The Morgan fingerprint density at radius 1 is 1.62 bits per heavy atom. The molecule has 9 nitrogen and oxygen atoms in total. The van der Waals surface area contributed by atoms with Crippen molar-refractivity contribution in [1.29, 1.82) is 0 Å². The predicted octanol–water partition coefficient (Wildman–Crippen LogP) is 0.111. The first-order valence-corrected chi connectivity index (χ1v) is 7.40. The van der Waals surface area contributed by atoms with Crippen LogP contribution in [0.3, 0.4) is 0 Å². The number of aliphatic imine (C=N–C) groups is 1. The standard InChI is InChI=1S/C11H17N4O5P/c12-6-14-11-8(10(13)16)3-4-15(11)9-2-1-7(20-9)5-19-21(17)18/h3-4,6-7,9,17-18H,1-2,5H2,(H2,12,14)(H2,13,16). The van der Waals surface area contributed by atoms with E-state index >= 15 is 0 Å². The lowest BCUT2D eigenvalue weighted by atomic mass is 10.2. The Labute approximate surface area is 122 Å². The largest absolute Gasteiger partial charge is 0.390 e. The molecule has 116 valence electrons. The molecule has 0 spiro atoms. The van der Waals surface area contributed by atoms with Gasteiger partial charge in [-0.2, -0.15) is 0 Å². The van der Waals surface area contributed by atoms with Crippen LogP contribution in [-0.4, -0.2) is 39.3 Å². The van der Waals surface area contributed by atoms with Crippen molar-refractivity contribution in [1.82, 2.24) is 4.57 Å². The fraction of sp³-hybridized carbons (Fsp3) is 0.455. The third kappa shape index (κ3) is 3.78. The van der Waals surface area contributed by atoms with Crippen molar-refractivity contribution in [2.24, 2.45) is 16.5 Å². The molecule has 1 aliphatic rings. The van der Waals surface area contributed by atoms with Crippen molar-refractivity contribution < 1.29 is 23.8 Å². The summed E-state index contributed by atoms with van der Waals surface area (Å²) in [5.74, 6) is -0.262. The van der Waals surface area contributed by atoms with E-state index in [4.69, 9.17) is 30.5 Å². The minimum Gasteiger partial charge on any atom is -0.390 e. The molecule has 0 radical (unpaired) electrons. The summed E-state index contributed by atoms with van der Waals surface area (Å²) < 4.78 is 12.2. The molecule has 1 fully saturated rings. The van der Waals surface area contributed by atoms with Gasteiger partial charge in [-0.1, -0.05) is 0 Å². The first-order valence-electron chi connectivity index (χ1n) is 6.24. The van der Waals surface area contributed by atoms with Gasteiger partial charge in [0.05, 0.1) is 24.6 Å². The van der Waals surface area contributed by atoms with Crippen LogP contribution < -0.4 is 11.5 Å². The number of aromatic nitrogens is 1. The summed E-state index contributed by atoms with van der Waals surface area (Å²) in [5, 5.41) is 0. The average molecular weight is 316 g/mol. The number of primary amides is 1. The highest BCUT2D eigenvalue weighted by Crippen LogP contribution is 2.35. The molecule has 1 amide bonds. The van der Waals surface area contributed by atoms with Crippen molar-refractivity contribution >= 4 is 26.7 Å². The van der Waals surface area contributed by atoms with E-state index in [1.807, 2.05) is 0 Å². The van der Waals surface area contributed by atoms with E-state index in [0.29, 0.717) is 18.7 Å². The number of nitrogens with zero attached hydrogens (tertiary/aromatic N) is 2. The molecule has 1 saturated heterocycles. The number of amides is 1. The Hall–Kier alpha value is -1.51. The van der Waals surface area contributed by atoms with Gasteiger partial charge in [0.1, 0.15) is 12.0 Å². The van der Waals surface area contributed by atoms with E-state index in [1.165, 1.54) is 0 Å². The van der Waals surface area contributed by atoms with Crippen LogP contribution in [0.15, 0.2) is 17.3 Å². The second-order valence-electron chi connectivity index (χ2n) is 4.44. The summed E-state index contributed by atoms with van der Waals surface area (Å²) >= 11 is 0. The van der Waals surface area contributed by atoms with Crippen LogP contribution in [0.25, 0.3) is 0 Å². The molecule has 1 aliphatic heterocycles. The molecular formula is C11H17N4O5P. The Bertz CT molecular complexity index is 533. The SMILES string of the molecule is N/C=N\c1c(C(N)=O)ccn1C1CCC(COP(O)O)O1. The second kappa shape index (κ2) is 6.97. The summed E-state index contributed by atoms with van der Waals surface area (Å²) in [6.07, 6.45) is 3.49. The number of hydrogen-bond donors (Lipinski definition) is 4. The zero-order chi connectivity index (χ0) is 15.4. The number of carbonyl (C=O) groups excluding carboxylic acids is 1. The van der Waals surface area contributed by atoms with Gasteiger partial charge in [0.25, 0.3) is 5.91 Å². The van der Waals surface area contributed by atoms with Crippen LogP contribution in [0.1, 0.15) is 29.4 Å². The lowest BCUT2D eigenvalue weighted by molar-refractivity contribution is -0.0183. The maximum atomic E-state index is 11.3. The van der Waals surface area contributed by atoms with E-state index in [2.05, 4.69) is 4.99 Å². The first kappa shape index (κ1) is 15.9. The highest BCUT2D eigenvalue weighted by Gasteiger charge is 2.29. The van der Waals surface area contributed by atoms with E-state index in [9.17, 15) is 4.79 Å². The predicted molar refractivity (Wildman–Crippen MR) is 75.7 cm³/mol. The minimum atomic E-state index is -2.39. The molecule has 2 rings (SSSR count). The normalized spacial score (nSPS) is 22.4. The van der Waals surface area contributed by atoms with Gasteiger partial charge < -0.3 is 35.1 Å². The average Bonchev–Trinajstić information content (AvgIpc) is 3.02. The summed E-state index contributed by atoms with van der Waals surface area (Å²) in [7, 11) is -2.39. The topological polar surface area (TPSA) is 145 Å². The zero-order valence-electron chi connectivity index (χ0n) is 11.1. The van der Waals surface area contributed by atoms with Gasteiger partial charge in [-0.3, -0.25) is 4.79 Å². The number of carbonyl (C=O) groups is 1. The summed E-state index contributed by atoms with van der Waals surface area (Å²) in [6.45, 7) is 0.0919. The number of hydrogen-bond acceptors (Lipinski definition) is 6. The molecule has 2 atom stereocenters. The van der Waals surface area contributed by atoms with E-state index < -0.39 is 14.5 Å². The number of nitrogens with two attached hydrogens (primary N) is 2. The molecule has 10 heteroatoms. The Morgan fingerprint density at radius 2 is 2.38 bits per heavy atom. The highest BCUT2D eigenvalue weighted by molar-refractivity contribution is 7.39. The molecule has 2 unspecified atom stereocenters. The zero-order valence-corrected chi connectivity index (χ0v) is 12.0. The Morgan fingerprint density at radius 3 is 3.00 bits per heavy atom. The third-order valence-electron chi connectivity index (χ3n) is 3.12. The number of rotatable bonds is 6. The molecule has 6 N–H and O–H groups in total. The molecular weight excluding hydrogens is 299 g/mol. The molecule has 1 aromatic rings.